The van der Waals surface area contributed by atoms with Gasteiger partial charge in [0, 0.05) is 14.7 Å². The SMILES string of the molecule is CCc1cc(OCOCC[Si](C)(C)C)ccc1B1OC(C)(C)C(C)(C)O1. The molecule has 1 saturated heterocycles. The molecule has 1 aromatic carbocycles. The zero-order valence-electron chi connectivity index (χ0n) is 17.8. The molecule has 1 aromatic rings. The zero-order chi connectivity index (χ0) is 19.6. The molecule has 0 atom stereocenters. The molecule has 0 unspecified atom stereocenters. The van der Waals surface area contributed by atoms with Gasteiger partial charge in [-0.2, -0.15) is 0 Å². The van der Waals surface area contributed by atoms with E-state index in [0.717, 1.165) is 30.3 Å². The fourth-order valence-corrected chi connectivity index (χ4v) is 3.48. The monoisotopic (exact) mass is 378 g/mol. The summed E-state index contributed by atoms with van der Waals surface area (Å²) in [5, 5.41) is 0. The molecule has 0 N–H and O–H groups in total. The molecule has 0 amide bonds. The third-order valence-corrected chi connectivity index (χ3v) is 7.01. The lowest BCUT2D eigenvalue weighted by atomic mass is 9.75. The van der Waals surface area contributed by atoms with E-state index in [2.05, 4.69) is 66.4 Å². The Hall–Kier alpha value is -0.818. The largest absolute Gasteiger partial charge is 0.495 e. The van der Waals surface area contributed by atoms with E-state index in [4.69, 9.17) is 18.8 Å². The fraction of sp³-hybridized carbons (Fsp3) is 0.700. The number of rotatable bonds is 8. The zero-order valence-corrected chi connectivity index (χ0v) is 18.8. The predicted molar refractivity (Wildman–Crippen MR) is 111 cm³/mol. The molecule has 146 valence electrons. The van der Waals surface area contributed by atoms with Crippen molar-refractivity contribution in [1.82, 2.24) is 0 Å². The van der Waals surface area contributed by atoms with Crippen molar-refractivity contribution in [1.29, 1.82) is 0 Å². The average Bonchev–Trinajstić information content (AvgIpc) is 2.73. The maximum Gasteiger partial charge on any atom is 0.495 e. The molecule has 0 aromatic heterocycles. The van der Waals surface area contributed by atoms with Crippen molar-refractivity contribution < 1.29 is 18.8 Å². The molecule has 0 bridgehead atoms. The summed E-state index contributed by atoms with van der Waals surface area (Å²) in [6.07, 6.45) is 0.896. The third-order valence-electron chi connectivity index (χ3n) is 5.31. The molecule has 0 aliphatic carbocycles. The van der Waals surface area contributed by atoms with Gasteiger partial charge >= 0.3 is 7.12 Å². The van der Waals surface area contributed by atoms with E-state index in [0.29, 0.717) is 6.79 Å². The minimum Gasteiger partial charge on any atom is -0.468 e. The van der Waals surface area contributed by atoms with E-state index in [1.54, 1.807) is 0 Å². The van der Waals surface area contributed by atoms with E-state index in [1.807, 2.05) is 6.07 Å². The minimum atomic E-state index is -1.06. The summed E-state index contributed by atoms with van der Waals surface area (Å²) >= 11 is 0. The Kier molecular flexibility index (Phi) is 6.65. The molecule has 6 heteroatoms. The third kappa shape index (κ3) is 5.35. The smallest absolute Gasteiger partial charge is 0.468 e. The Balaban J connectivity index is 1.98. The first-order valence-electron chi connectivity index (χ1n) is 9.64. The van der Waals surface area contributed by atoms with Crippen molar-refractivity contribution >= 4 is 20.7 Å². The molecule has 0 saturated carbocycles. The Morgan fingerprint density at radius 2 is 1.65 bits per heavy atom. The van der Waals surface area contributed by atoms with Gasteiger partial charge in [-0.1, -0.05) is 32.6 Å². The van der Waals surface area contributed by atoms with Crippen molar-refractivity contribution in [3.8, 4) is 5.75 Å². The van der Waals surface area contributed by atoms with Crippen LogP contribution in [0.15, 0.2) is 18.2 Å². The Morgan fingerprint density at radius 1 is 1.04 bits per heavy atom. The van der Waals surface area contributed by atoms with E-state index in [9.17, 15) is 0 Å². The van der Waals surface area contributed by atoms with E-state index >= 15 is 0 Å². The minimum absolute atomic E-state index is 0.295. The first-order valence-corrected chi connectivity index (χ1v) is 13.3. The van der Waals surface area contributed by atoms with Crippen molar-refractivity contribution in [2.75, 3.05) is 13.4 Å². The van der Waals surface area contributed by atoms with Crippen LogP contribution < -0.4 is 10.2 Å². The Labute approximate surface area is 160 Å². The van der Waals surface area contributed by atoms with Crippen molar-refractivity contribution in [3.63, 3.8) is 0 Å². The van der Waals surface area contributed by atoms with Crippen LogP contribution in [0.2, 0.25) is 25.7 Å². The lowest BCUT2D eigenvalue weighted by Gasteiger charge is -2.32. The van der Waals surface area contributed by atoms with Crippen LogP contribution in [0.25, 0.3) is 0 Å². The molecule has 0 spiro atoms. The quantitative estimate of drug-likeness (QED) is 0.385. The van der Waals surface area contributed by atoms with Gasteiger partial charge in [-0.05, 0) is 63.3 Å². The number of ether oxygens (including phenoxy) is 2. The Bertz CT molecular complexity index is 594. The van der Waals surface area contributed by atoms with Gasteiger partial charge < -0.3 is 18.8 Å². The van der Waals surface area contributed by atoms with Gasteiger partial charge in [0.2, 0.25) is 0 Å². The molecule has 1 fully saturated rings. The van der Waals surface area contributed by atoms with Gasteiger partial charge in [0.25, 0.3) is 0 Å². The van der Waals surface area contributed by atoms with E-state index in [1.165, 1.54) is 5.56 Å². The number of aryl methyl sites for hydroxylation is 1. The molecule has 1 aliphatic rings. The summed E-state index contributed by atoms with van der Waals surface area (Å²) in [4.78, 5) is 0. The normalized spacial score (nSPS) is 19.0. The number of hydrogen-bond donors (Lipinski definition) is 0. The summed E-state index contributed by atoms with van der Waals surface area (Å²) in [5.74, 6) is 0.829. The lowest BCUT2D eigenvalue weighted by Crippen LogP contribution is -2.41. The highest BCUT2D eigenvalue weighted by molar-refractivity contribution is 6.76. The lowest BCUT2D eigenvalue weighted by molar-refractivity contribution is 0.00578. The molecule has 1 heterocycles. The van der Waals surface area contributed by atoms with Gasteiger partial charge in [-0.25, -0.2) is 0 Å². The van der Waals surface area contributed by atoms with E-state index < -0.39 is 8.07 Å². The predicted octanol–water partition coefficient (Wildman–Crippen LogP) is 4.24. The van der Waals surface area contributed by atoms with Crippen molar-refractivity contribution in [2.45, 2.75) is 77.9 Å². The second-order valence-electron chi connectivity index (χ2n) is 9.28. The van der Waals surface area contributed by atoms with Crippen LogP contribution >= 0.6 is 0 Å². The fourth-order valence-electron chi connectivity index (χ4n) is 2.73. The van der Waals surface area contributed by atoms with Crippen molar-refractivity contribution in [3.05, 3.63) is 23.8 Å². The number of hydrogen-bond acceptors (Lipinski definition) is 4. The number of benzene rings is 1. The first-order chi connectivity index (χ1) is 12.0. The van der Waals surface area contributed by atoms with Crippen LogP contribution in [0.4, 0.5) is 0 Å². The van der Waals surface area contributed by atoms with Gasteiger partial charge in [0.05, 0.1) is 11.2 Å². The molecule has 1 aliphatic heterocycles. The summed E-state index contributed by atoms with van der Waals surface area (Å²) in [5.41, 5.74) is 1.60. The topological polar surface area (TPSA) is 36.9 Å². The van der Waals surface area contributed by atoms with Gasteiger partial charge in [-0.15, -0.1) is 0 Å². The highest BCUT2D eigenvalue weighted by Gasteiger charge is 2.52. The van der Waals surface area contributed by atoms with Gasteiger partial charge in [0.15, 0.2) is 6.79 Å². The summed E-state index contributed by atoms with van der Waals surface area (Å²) in [6, 6.07) is 7.25. The summed E-state index contributed by atoms with van der Waals surface area (Å²) in [6.45, 7) is 18.5. The van der Waals surface area contributed by atoms with Crippen LogP contribution in [0, 0.1) is 0 Å². The summed E-state index contributed by atoms with van der Waals surface area (Å²) < 4.78 is 23.8. The molecule has 4 nitrogen and oxygen atoms in total. The van der Waals surface area contributed by atoms with Crippen LogP contribution in [-0.4, -0.2) is 39.8 Å². The standard InChI is InChI=1S/C20H35BO4Si/c1-9-16-14-17(23-15-22-12-13-26(6,7)8)10-11-18(16)21-24-19(2,3)20(4,5)25-21/h10-11,14H,9,12-13,15H2,1-8H3. The first kappa shape index (κ1) is 21.5. The molecular weight excluding hydrogens is 343 g/mol. The van der Waals surface area contributed by atoms with Crippen LogP contribution in [0.1, 0.15) is 40.2 Å². The maximum atomic E-state index is 6.19. The highest BCUT2D eigenvalue weighted by atomic mass is 28.3. The van der Waals surface area contributed by atoms with Crippen LogP contribution in [0.5, 0.6) is 5.75 Å². The Morgan fingerprint density at radius 3 is 2.19 bits per heavy atom. The maximum absolute atomic E-state index is 6.19. The second-order valence-corrected chi connectivity index (χ2v) is 14.9. The van der Waals surface area contributed by atoms with Gasteiger partial charge in [0.1, 0.15) is 5.75 Å². The van der Waals surface area contributed by atoms with Crippen LogP contribution in [0.3, 0.4) is 0 Å². The highest BCUT2D eigenvalue weighted by Crippen LogP contribution is 2.36. The molecule has 2 rings (SSSR count). The van der Waals surface area contributed by atoms with E-state index in [-0.39, 0.29) is 18.3 Å². The average molecular weight is 378 g/mol. The van der Waals surface area contributed by atoms with Crippen LogP contribution in [-0.2, 0) is 20.5 Å². The molecule has 26 heavy (non-hydrogen) atoms. The van der Waals surface area contributed by atoms with Crippen molar-refractivity contribution in [2.24, 2.45) is 0 Å². The second kappa shape index (κ2) is 8.05. The van der Waals surface area contributed by atoms with Gasteiger partial charge in [-0.3, -0.25) is 0 Å². The molecular formula is C20H35BO4Si. The molecule has 0 radical (unpaired) electrons. The summed E-state index contributed by atoms with van der Waals surface area (Å²) in [7, 11) is -1.39.